The number of fused-ring (bicyclic) bond motifs is 1. The maximum absolute atomic E-state index is 13.6. The summed E-state index contributed by atoms with van der Waals surface area (Å²) < 4.78 is 5.94. The molecule has 4 aliphatic rings. The Hall–Kier alpha value is -4.39. The number of hydrogen-bond donors (Lipinski definition) is 6. The van der Waals surface area contributed by atoms with Gasteiger partial charge in [0, 0.05) is 30.5 Å². The third-order valence-corrected chi connectivity index (χ3v) is 8.58. The second kappa shape index (κ2) is 9.61. The van der Waals surface area contributed by atoms with Crippen LogP contribution in [0.4, 0.5) is 0 Å². The third kappa shape index (κ3) is 4.31. The predicted molar refractivity (Wildman–Crippen MR) is 152 cm³/mol. The van der Waals surface area contributed by atoms with Crippen molar-refractivity contribution in [3.63, 3.8) is 0 Å². The van der Waals surface area contributed by atoms with Crippen LogP contribution in [0.2, 0.25) is 0 Å². The minimum absolute atomic E-state index is 0.0964. The number of amides is 2. The molecule has 1 aromatic carbocycles. The molecule has 0 aliphatic carbocycles. The Bertz CT molecular complexity index is 1460. The number of hydrogen-bond acceptors (Lipinski definition) is 11. The Kier molecular flexibility index (Phi) is 6.29. The van der Waals surface area contributed by atoms with E-state index in [1.165, 1.54) is 6.20 Å². The average molecular weight is 562 g/mol. The summed E-state index contributed by atoms with van der Waals surface area (Å²) >= 11 is 0. The molecule has 0 bridgehead atoms. The lowest BCUT2D eigenvalue weighted by molar-refractivity contribution is 0.0143. The molecule has 41 heavy (non-hydrogen) atoms. The molecule has 2 aromatic rings. The first-order valence-corrected chi connectivity index (χ1v) is 13.7. The number of aliphatic hydroxyl groups excluding tert-OH is 1. The summed E-state index contributed by atoms with van der Waals surface area (Å²) in [6.45, 7) is 6.88. The Morgan fingerprint density at radius 1 is 1.20 bits per heavy atom. The fourth-order valence-electron chi connectivity index (χ4n) is 6.30. The first-order valence-electron chi connectivity index (χ1n) is 13.7. The van der Waals surface area contributed by atoms with E-state index in [-0.39, 0.29) is 42.2 Å². The molecular formula is C28H35N9O4. The summed E-state index contributed by atoms with van der Waals surface area (Å²) in [5.41, 5.74) is 13.7. The molecule has 1 aromatic heterocycles. The number of aromatic nitrogens is 1. The topological polar surface area (TPSA) is 193 Å². The molecule has 3 unspecified atom stereocenters. The lowest BCUT2D eigenvalue weighted by atomic mass is 9.79. The van der Waals surface area contributed by atoms with Crippen molar-refractivity contribution in [2.24, 2.45) is 21.5 Å². The molecule has 5 atom stereocenters. The Morgan fingerprint density at radius 3 is 2.76 bits per heavy atom. The van der Waals surface area contributed by atoms with Crippen LogP contribution < -0.4 is 32.2 Å². The van der Waals surface area contributed by atoms with E-state index >= 15 is 0 Å². The highest BCUT2D eigenvalue weighted by molar-refractivity contribution is 5.98. The van der Waals surface area contributed by atoms with Gasteiger partial charge in [-0.2, -0.15) is 0 Å². The summed E-state index contributed by atoms with van der Waals surface area (Å²) in [6.07, 6.45) is 1.19. The van der Waals surface area contributed by atoms with E-state index in [0.717, 1.165) is 17.7 Å². The van der Waals surface area contributed by atoms with Gasteiger partial charge in [0.1, 0.15) is 17.9 Å². The fourth-order valence-corrected chi connectivity index (χ4v) is 6.30. The van der Waals surface area contributed by atoms with Crippen molar-refractivity contribution in [1.82, 2.24) is 25.8 Å². The van der Waals surface area contributed by atoms with E-state index in [1.807, 2.05) is 19.1 Å². The minimum atomic E-state index is -1.25. The highest BCUT2D eigenvalue weighted by Gasteiger charge is 2.65. The number of guanidine groups is 2. The van der Waals surface area contributed by atoms with Gasteiger partial charge in [-0.05, 0) is 37.0 Å². The number of pyridine rings is 1. The third-order valence-electron chi connectivity index (χ3n) is 8.58. The van der Waals surface area contributed by atoms with Crippen molar-refractivity contribution in [2.45, 2.75) is 62.5 Å². The molecule has 6 rings (SSSR count). The average Bonchev–Trinajstić information content (AvgIpc) is 3.43. The Morgan fingerprint density at radius 2 is 2.00 bits per heavy atom. The number of nitrogens with zero attached hydrogens (tertiary/aromatic N) is 4. The Balaban J connectivity index is 1.22. The van der Waals surface area contributed by atoms with Gasteiger partial charge in [-0.1, -0.05) is 26.0 Å². The van der Waals surface area contributed by atoms with Gasteiger partial charge in [-0.15, -0.1) is 0 Å². The number of para-hydroxylation sites is 1. The molecule has 0 saturated carbocycles. The van der Waals surface area contributed by atoms with E-state index in [2.05, 4.69) is 44.8 Å². The SMILES string of the molecule is Cc1ccc(C(=O)NC[C@@H]2N=C(N)N3CC(NC(=O)c4cccc5c4OCCC5(C)C)[C@@H](O)C34NC(N)=NC24)cn1. The molecular weight excluding hydrogens is 526 g/mol. The van der Waals surface area contributed by atoms with Crippen LogP contribution >= 0.6 is 0 Å². The number of aliphatic imine (C=N–C) groups is 2. The van der Waals surface area contributed by atoms with Gasteiger partial charge >= 0.3 is 0 Å². The van der Waals surface area contributed by atoms with Crippen LogP contribution in [0.3, 0.4) is 0 Å². The zero-order valence-electron chi connectivity index (χ0n) is 23.2. The Labute approximate surface area is 237 Å². The van der Waals surface area contributed by atoms with E-state index in [4.69, 9.17) is 16.2 Å². The summed E-state index contributed by atoms with van der Waals surface area (Å²) in [5.74, 6) is 0.138. The molecule has 1 fully saturated rings. The number of benzene rings is 1. The van der Waals surface area contributed by atoms with Crippen LogP contribution in [0, 0.1) is 6.92 Å². The van der Waals surface area contributed by atoms with Crippen molar-refractivity contribution in [2.75, 3.05) is 19.7 Å². The molecule has 5 heterocycles. The van der Waals surface area contributed by atoms with Crippen molar-refractivity contribution in [3.05, 3.63) is 58.9 Å². The van der Waals surface area contributed by atoms with Gasteiger partial charge in [0.25, 0.3) is 11.8 Å². The van der Waals surface area contributed by atoms with E-state index in [0.29, 0.717) is 23.5 Å². The molecule has 1 saturated heterocycles. The van der Waals surface area contributed by atoms with Crippen molar-refractivity contribution >= 4 is 23.7 Å². The number of nitrogens with two attached hydrogens (primary N) is 2. The summed E-state index contributed by atoms with van der Waals surface area (Å²) in [7, 11) is 0. The second-order valence-corrected chi connectivity index (χ2v) is 11.7. The maximum atomic E-state index is 13.6. The summed E-state index contributed by atoms with van der Waals surface area (Å²) in [4.78, 5) is 41.3. The summed E-state index contributed by atoms with van der Waals surface area (Å²) in [5, 5.41) is 20.7. The number of aryl methyl sites for hydroxylation is 1. The van der Waals surface area contributed by atoms with Crippen molar-refractivity contribution < 1.29 is 19.4 Å². The van der Waals surface area contributed by atoms with Crippen LogP contribution in [0.15, 0.2) is 46.5 Å². The molecule has 2 amide bonds. The monoisotopic (exact) mass is 561 g/mol. The lowest BCUT2D eigenvalue weighted by Gasteiger charge is -2.46. The smallest absolute Gasteiger partial charge is 0.255 e. The van der Waals surface area contributed by atoms with Crippen LogP contribution in [0.5, 0.6) is 5.75 Å². The minimum Gasteiger partial charge on any atom is -0.492 e. The number of rotatable bonds is 5. The second-order valence-electron chi connectivity index (χ2n) is 11.7. The quantitative estimate of drug-likeness (QED) is 0.275. The van der Waals surface area contributed by atoms with Crippen LogP contribution in [0.25, 0.3) is 0 Å². The first kappa shape index (κ1) is 26.8. The molecule has 8 N–H and O–H groups in total. The number of ether oxygens (including phenoxy) is 1. The first-order chi connectivity index (χ1) is 19.5. The van der Waals surface area contributed by atoms with Crippen molar-refractivity contribution in [3.8, 4) is 5.75 Å². The lowest BCUT2D eigenvalue weighted by Crippen LogP contribution is -2.73. The van der Waals surface area contributed by atoms with Gasteiger partial charge in [0.2, 0.25) is 0 Å². The fraction of sp³-hybridized carbons (Fsp3) is 0.464. The van der Waals surface area contributed by atoms with Gasteiger partial charge in [-0.25, -0.2) is 9.98 Å². The highest BCUT2D eigenvalue weighted by atomic mass is 16.5. The molecule has 216 valence electrons. The highest BCUT2D eigenvalue weighted by Crippen LogP contribution is 2.42. The van der Waals surface area contributed by atoms with E-state index < -0.39 is 29.9 Å². The van der Waals surface area contributed by atoms with E-state index in [9.17, 15) is 14.7 Å². The number of aliphatic hydroxyl groups is 1. The molecule has 0 radical (unpaired) electrons. The van der Waals surface area contributed by atoms with Gasteiger partial charge in [0.05, 0.1) is 29.8 Å². The maximum Gasteiger partial charge on any atom is 0.255 e. The van der Waals surface area contributed by atoms with Crippen molar-refractivity contribution in [1.29, 1.82) is 0 Å². The predicted octanol–water partition coefficient (Wildman–Crippen LogP) is -0.665. The van der Waals surface area contributed by atoms with Crippen LogP contribution in [0.1, 0.15) is 52.2 Å². The van der Waals surface area contributed by atoms with E-state index in [1.54, 1.807) is 23.1 Å². The normalized spacial score (nSPS) is 29.1. The summed E-state index contributed by atoms with van der Waals surface area (Å²) in [6, 6.07) is 6.96. The van der Waals surface area contributed by atoms with Gasteiger partial charge in [0.15, 0.2) is 17.6 Å². The van der Waals surface area contributed by atoms with Crippen LogP contribution in [-0.4, -0.2) is 88.3 Å². The largest absolute Gasteiger partial charge is 0.492 e. The van der Waals surface area contributed by atoms with Gasteiger partial charge < -0.3 is 42.2 Å². The molecule has 1 spiro atoms. The number of nitrogens with one attached hydrogen (secondary N) is 3. The number of carbonyl (C=O) groups excluding carboxylic acids is 2. The zero-order valence-corrected chi connectivity index (χ0v) is 23.2. The molecule has 4 aliphatic heterocycles. The number of carbonyl (C=O) groups is 2. The standard InChI is InChI=1S/C28H35N9O4/c1-14-7-8-15(11-31-14)23(39)32-12-18-21-28(36-25(29)35-21)22(38)19(13-37(28)26(30)34-18)33-24(40)16-5-4-6-17-20(16)41-10-9-27(17,2)3/h4-8,11,18-19,21-22,38H,9-10,12-13H2,1-3H3,(H2,30,34)(H,32,39)(H,33,40)(H3,29,35,36)/t18-,19?,21?,22+,28?/m0/s1. The zero-order chi connectivity index (χ0) is 29.1. The molecule has 13 heteroatoms. The van der Waals surface area contributed by atoms with Gasteiger partial charge in [-0.3, -0.25) is 14.6 Å². The molecule has 13 nitrogen and oxygen atoms in total. The van der Waals surface area contributed by atoms with Crippen LogP contribution in [-0.2, 0) is 5.41 Å².